The zero-order valence-corrected chi connectivity index (χ0v) is 16.0. The van der Waals surface area contributed by atoms with E-state index in [0.29, 0.717) is 0 Å². The normalized spacial score (nSPS) is 21.0. The van der Waals surface area contributed by atoms with E-state index in [1.54, 1.807) is 11.8 Å². The lowest BCUT2D eigenvalue weighted by atomic mass is 9.84. The molecule has 130 valence electrons. The van der Waals surface area contributed by atoms with E-state index in [9.17, 15) is 4.79 Å². The Balaban J connectivity index is 1.57. The maximum atomic E-state index is 12.4. The van der Waals surface area contributed by atoms with Gasteiger partial charge in [-0.05, 0) is 35.9 Å². The summed E-state index contributed by atoms with van der Waals surface area (Å²) in [5.41, 5.74) is 4.63. The molecule has 0 N–H and O–H groups in total. The van der Waals surface area contributed by atoms with Crippen LogP contribution in [0.4, 0.5) is 5.69 Å². The number of hydrogen-bond donors (Lipinski definition) is 0. The Kier molecular flexibility index (Phi) is 4.12. The quantitative estimate of drug-likeness (QED) is 0.639. The molecule has 2 nitrogen and oxygen atoms in total. The molecular formula is C23H21NOS. The van der Waals surface area contributed by atoms with Crippen LogP contribution in [0, 0.1) is 0 Å². The van der Waals surface area contributed by atoms with Gasteiger partial charge in [-0.25, -0.2) is 0 Å². The number of allylic oxidation sites excluding steroid dienone is 6. The maximum absolute atomic E-state index is 12.4. The van der Waals surface area contributed by atoms with Gasteiger partial charge in [0, 0.05) is 34.3 Å². The van der Waals surface area contributed by atoms with Crippen molar-refractivity contribution in [2.24, 2.45) is 0 Å². The Morgan fingerprint density at radius 2 is 1.65 bits per heavy atom. The molecular weight excluding hydrogens is 338 g/mol. The Morgan fingerprint density at radius 1 is 0.962 bits per heavy atom. The van der Waals surface area contributed by atoms with Crippen LogP contribution >= 0.6 is 11.8 Å². The molecule has 2 aliphatic rings. The molecule has 0 aromatic heterocycles. The molecule has 0 saturated heterocycles. The Hall–Kier alpha value is -2.52. The van der Waals surface area contributed by atoms with E-state index in [4.69, 9.17) is 0 Å². The molecule has 4 rings (SSSR count). The number of carbonyl (C=O) groups is 1. The number of Topliss-reactive ketones (excluding diaryl/α,β-unsaturated/α-hetero) is 1. The standard InChI is InChI=1S/C23H21NOS/c1-23(2)17-11-5-6-12-18(17)24(3)21(23)15-9-8-14-20-22(25)16-10-4-7-13-19(16)26-20/h4-15H,1-3H3/b9-8+,20-14-,21-15-. The van der Waals surface area contributed by atoms with E-state index in [1.165, 1.54) is 16.9 Å². The van der Waals surface area contributed by atoms with Crippen molar-refractivity contribution in [3.05, 3.63) is 94.6 Å². The first kappa shape index (κ1) is 16.9. The van der Waals surface area contributed by atoms with Gasteiger partial charge in [-0.3, -0.25) is 4.79 Å². The molecule has 0 radical (unpaired) electrons. The summed E-state index contributed by atoms with van der Waals surface area (Å²) in [6, 6.07) is 16.3. The number of rotatable bonds is 2. The molecule has 0 spiro atoms. The average molecular weight is 359 g/mol. The number of nitrogens with zero attached hydrogens (tertiary/aromatic N) is 1. The zero-order chi connectivity index (χ0) is 18.3. The summed E-state index contributed by atoms with van der Waals surface area (Å²) in [6.45, 7) is 4.50. The summed E-state index contributed by atoms with van der Waals surface area (Å²) in [4.78, 5) is 16.5. The highest BCUT2D eigenvalue weighted by atomic mass is 32.2. The van der Waals surface area contributed by atoms with E-state index in [0.717, 1.165) is 15.4 Å². The van der Waals surface area contributed by atoms with Gasteiger partial charge in [-0.2, -0.15) is 0 Å². The molecule has 2 aromatic rings. The van der Waals surface area contributed by atoms with Crippen molar-refractivity contribution in [1.29, 1.82) is 0 Å². The first-order chi connectivity index (χ1) is 12.5. The van der Waals surface area contributed by atoms with Gasteiger partial charge in [0.05, 0.1) is 4.91 Å². The molecule has 0 aliphatic carbocycles. The summed E-state index contributed by atoms with van der Waals surface area (Å²) in [6.07, 6.45) is 8.06. The fourth-order valence-electron chi connectivity index (χ4n) is 3.74. The molecule has 2 heterocycles. The van der Waals surface area contributed by atoms with Crippen molar-refractivity contribution in [2.45, 2.75) is 24.2 Å². The molecule has 0 unspecified atom stereocenters. The zero-order valence-electron chi connectivity index (χ0n) is 15.2. The second-order valence-electron chi connectivity index (χ2n) is 7.10. The lowest BCUT2D eigenvalue weighted by Gasteiger charge is -2.23. The third kappa shape index (κ3) is 2.63. The number of thioether (sulfide) groups is 1. The Labute approximate surface area is 158 Å². The summed E-state index contributed by atoms with van der Waals surface area (Å²) >= 11 is 1.55. The van der Waals surface area contributed by atoms with Crippen molar-refractivity contribution in [1.82, 2.24) is 0 Å². The highest BCUT2D eigenvalue weighted by Crippen LogP contribution is 2.46. The van der Waals surface area contributed by atoms with Gasteiger partial charge in [0.25, 0.3) is 0 Å². The van der Waals surface area contributed by atoms with Crippen LogP contribution in [0.1, 0.15) is 29.8 Å². The molecule has 0 atom stereocenters. The predicted molar refractivity (Wildman–Crippen MR) is 110 cm³/mol. The van der Waals surface area contributed by atoms with E-state index in [1.807, 2.05) is 42.5 Å². The van der Waals surface area contributed by atoms with Crippen LogP contribution in [0.5, 0.6) is 0 Å². The minimum absolute atomic E-state index is 0.0308. The maximum Gasteiger partial charge on any atom is 0.200 e. The monoisotopic (exact) mass is 359 g/mol. The highest BCUT2D eigenvalue weighted by molar-refractivity contribution is 8.04. The molecule has 26 heavy (non-hydrogen) atoms. The van der Waals surface area contributed by atoms with Crippen molar-refractivity contribution in [2.75, 3.05) is 11.9 Å². The number of benzene rings is 2. The molecule has 2 aromatic carbocycles. The molecule has 0 saturated carbocycles. The number of ketones is 1. The highest BCUT2D eigenvalue weighted by Gasteiger charge is 2.37. The fourth-order valence-corrected chi connectivity index (χ4v) is 4.75. The summed E-state index contributed by atoms with van der Waals surface area (Å²) in [5.74, 6) is 0.119. The topological polar surface area (TPSA) is 20.3 Å². The SMILES string of the molecule is CN1\C(=C/C=C/C=C2\Sc3ccccc3C2=O)C(C)(C)c2ccccc21. The predicted octanol–water partition coefficient (Wildman–Crippen LogP) is 5.73. The number of hydrogen-bond acceptors (Lipinski definition) is 3. The van der Waals surface area contributed by atoms with Crippen molar-refractivity contribution < 1.29 is 4.79 Å². The average Bonchev–Trinajstić information content (AvgIpc) is 3.06. The number of likely N-dealkylation sites (N-methyl/N-ethyl adjacent to an activating group) is 1. The second-order valence-corrected chi connectivity index (χ2v) is 8.18. The number of fused-ring (bicyclic) bond motifs is 2. The molecule has 0 bridgehead atoms. The van der Waals surface area contributed by atoms with Crippen LogP contribution in [0.25, 0.3) is 0 Å². The third-order valence-electron chi connectivity index (χ3n) is 5.13. The fraction of sp³-hybridized carbons (Fsp3) is 0.174. The van der Waals surface area contributed by atoms with Gasteiger partial charge < -0.3 is 4.90 Å². The van der Waals surface area contributed by atoms with Gasteiger partial charge in [-0.1, -0.05) is 68.1 Å². The van der Waals surface area contributed by atoms with Gasteiger partial charge >= 0.3 is 0 Å². The number of para-hydroxylation sites is 1. The first-order valence-corrected chi connectivity index (χ1v) is 9.56. The van der Waals surface area contributed by atoms with Gasteiger partial charge in [-0.15, -0.1) is 0 Å². The van der Waals surface area contributed by atoms with E-state index >= 15 is 0 Å². The van der Waals surface area contributed by atoms with Gasteiger partial charge in [0.1, 0.15) is 0 Å². The smallest absolute Gasteiger partial charge is 0.200 e. The van der Waals surface area contributed by atoms with E-state index in [-0.39, 0.29) is 11.2 Å². The second kappa shape index (κ2) is 6.33. The van der Waals surface area contributed by atoms with Crippen molar-refractivity contribution >= 4 is 23.2 Å². The van der Waals surface area contributed by atoms with Crippen LogP contribution < -0.4 is 4.90 Å². The molecule has 0 fully saturated rings. The number of anilines is 1. The van der Waals surface area contributed by atoms with E-state index in [2.05, 4.69) is 56.1 Å². The van der Waals surface area contributed by atoms with Gasteiger partial charge in [0.2, 0.25) is 5.78 Å². The summed E-state index contributed by atoms with van der Waals surface area (Å²) < 4.78 is 0. The Morgan fingerprint density at radius 3 is 2.42 bits per heavy atom. The van der Waals surface area contributed by atoms with Crippen LogP contribution in [-0.2, 0) is 5.41 Å². The first-order valence-electron chi connectivity index (χ1n) is 8.74. The minimum Gasteiger partial charge on any atom is -0.347 e. The van der Waals surface area contributed by atoms with Crippen LogP contribution in [0.2, 0.25) is 0 Å². The van der Waals surface area contributed by atoms with Crippen LogP contribution in [0.15, 0.2) is 88.3 Å². The molecule has 3 heteroatoms. The number of carbonyl (C=O) groups excluding carboxylic acids is 1. The van der Waals surface area contributed by atoms with Gasteiger partial charge in [0.15, 0.2) is 0 Å². The summed E-state index contributed by atoms with van der Waals surface area (Å²) in [7, 11) is 2.11. The summed E-state index contributed by atoms with van der Waals surface area (Å²) in [5, 5.41) is 0. The lowest BCUT2D eigenvalue weighted by Crippen LogP contribution is -2.22. The van der Waals surface area contributed by atoms with Crippen molar-refractivity contribution in [3.8, 4) is 0 Å². The van der Waals surface area contributed by atoms with E-state index < -0.39 is 0 Å². The lowest BCUT2D eigenvalue weighted by molar-refractivity contribution is 0.104. The molecule has 2 aliphatic heterocycles. The third-order valence-corrected chi connectivity index (χ3v) is 6.25. The van der Waals surface area contributed by atoms with Crippen molar-refractivity contribution in [3.63, 3.8) is 0 Å². The largest absolute Gasteiger partial charge is 0.347 e. The minimum atomic E-state index is -0.0308. The van der Waals surface area contributed by atoms with Crippen LogP contribution in [-0.4, -0.2) is 12.8 Å². The van der Waals surface area contributed by atoms with Crippen LogP contribution in [0.3, 0.4) is 0 Å². The Bertz CT molecular complexity index is 981. The molecule has 0 amide bonds.